The Kier molecular flexibility index (Phi) is 36.5. The van der Waals surface area contributed by atoms with Gasteiger partial charge in [-0.15, -0.1) is 0 Å². The van der Waals surface area contributed by atoms with Crippen LogP contribution in [0.4, 0.5) is 0 Å². The van der Waals surface area contributed by atoms with E-state index in [-0.39, 0.29) is 64.8 Å². The van der Waals surface area contributed by atoms with Gasteiger partial charge in [0, 0.05) is 26.1 Å². The lowest BCUT2D eigenvalue weighted by Gasteiger charge is -2.19. The summed E-state index contributed by atoms with van der Waals surface area (Å²) in [5.41, 5.74) is 5.48. The predicted octanol–water partition coefficient (Wildman–Crippen LogP) is 11.3. The summed E-state index contributed by atoms with van der Waals surface area (Å²) in [6.45, 7) is 23.0. The smallest absolute Gasteiger partial charge is 0.347 e. The van der Waals surface area contributed by atoms with Crippen LogP contribution < -0.4 is 18.9 Å². The maximum atomic E-state index is 12.3. The first-order valence-electron chi connectivity index (χ1n) is 29.2. The van der Waals surface area contributed by atoms with E-state index >= 15 is 0 Å². The van der Waals surface area contributed by atoms with E-state index in [4.69, 9.17) is 58.3 Å². The van der Waals surface area contributed by atoms with E-state index in [1.807, 2.05) is 125 Å². The Morgan fingerprint density at radius 1 is 0.364 bits per heavy atom. The average molecular weight is 1210 g/mol. The molecule has 6 aromatic rings. The van der Waals surface area contributed by atoms with Crippen molar-refractivity contribution in [2.24, 2.45) is 11.8 Å². The van der Waals surface area contributed by atoms with Crippen molar-refractivity contribution >= 4 is 23.9 Å². The third-order valence-corrected chi connectivity index (χ3v) is 12.2. The minimum absolute atomic E-state index is 0.0168. The number of esters is 4. The van der Waals surface area contributed by atoms with E-state index in [0.717, 1.165) is 33.4 Å². The van der Waals surface area contributed by atoms with Gasteiger partial charge in [-0.1, -0.05) is 188 Å². The Bertz CT molecular complexity index is 2940. The Hall–Kier alpha value is -8.80. The highest BCUT2D eigenvalue weighted by Gasteiger charge is 2.26. The summed E-state index contributed by atoms with van der Waals surface area (Å²) in [5.74, 6) is 1.34. The van der Waals surface area contributed by atoms with Crippen LogP contribution in [0.2, 0.25) is 0 Å². The van der Waals surface area contributed by atoms with Crippen molar-refractivity contribution in [2.45, 2.75) is 104 Å². The number of hydrogen-bond acceptors (Lipinski definition) is 16. The van der Waals surface area contributed by atoms with Crippen LogP contribution in [0.3, 0.4) is 0 Å². The molecule has 88 heavy (non-hydrogen) atoms. The number of aliphatic hydroxyl groups is 4. The first-order valence-corrected chi connectivity index (χ1v) is 29.2. The topological polar surface area (TPSA) is 223 Å². The fraction of sp³-hybridized carbons (Fsp3) is 0.333. The zero-order valence-electron chi connectivity index (χ0n) is 51.2. The summed E-state index contributed by atoms with van der Waals surface area (Å²) in [4.78, 5) is 48.4. The Morgan fingerprint density at radius 3 is 0.966 bits per heavy atom. The van der Waals surface area contributed by atoms with Crippen LogP contribution in [0.5, 0.6) is 23.0 Å². The van der Waals surface area contributed by atoms with E-state index in [1.165, 1.54) is 24.3 Å². The molecule has 0 aromatic heterocycles. The van der Waals surface area contributed by atoms with Crippen molar-refractivity contribution in [2.75, 3.05) is 39.6 Å². The summed E-state index contributed by atoms with van der Waals surface area (Å²) < 4.78 is 43.5. The van der Waals surface area contributed by atoms with Gasteiger partial charge in [-0.25, -0.2) is 19.2 Å². The van der Waals surface area contributed by atoms with Gasteiger partial charge >= 0.3 is 23.9 Å². The van der Waals surface area contributed by atoms with Crippen LogP contribution in [0.15, 0.2) is 208 Å². The molecule has 0 unspecified atom stereocenters. The molecule has 0 aliphatic rings. The molecular weight excluding hydrogens is 1120 g/mol. The number of hydrogen-bond donors (Lipinski definition) is 4. The lowest BCUT2D eigenvalue weighted by molar-refractivity contribution is -0.152. The first kappa shape index (κ1) is 73.5. The fourth-order valence-corrected chi connectivity index (χ4v) is 7.99. The van der Waals surface area contributed by atoms with Crippen LogP contribution in [-0.2, 0) is 77.0 Å². The highest BCUT2D eigenvalue weighted by molar-refractivity contribution is 5.77. The quantitative estimate of drug-likeness (QED) is 0.0167. The van der Waals surface area contributed by atoms with Crippen molar-refractivity contribution in [1.29, 1.82) is 0 Å². The van der Waals surface area contributed by atoms with Crippen LogP contribution in [-0.4, -0.2) is 108 Å². The Balaban J connectivity index is 0.000000308. The molecule has 0 fully saturated rings. The molecule has 0 saturated carbocycles. The molecule has 472 valence electrons. The molecule has 0 radical (unpaired) electrons. The molecular formula is C72H88O16. The van der Waals surface area contributed by atoms with Crippen molar-refractivity contribution in [3.63, 3.8) is 0 Å². The molecule has 16 heteroatoms. The highest BCUT2D eigenvalue weighted by Crippen LogP contribution is 2.23. The molecule has 0 saturated heterocycles. The van der Waals surface area contributed by atoms with E-state index in [1.54, 1.807) is 60.7 Å². The number of ether oxygens (including phenoxy) is 8. The second-order valence-corrected chi connectivity index (χ2v) is 20.6. The lowest BCUT2D eigenvalue weighted by Crippen LogP contribution is -2.31. The van der Waals surface area contributed by atoms with E-state index in [0.29, 0.717) is 73.4 Å². The van der Waals surface area contributed by atoms with Crippen molar-refractivity contribution in [3.05, 3.63) is 242 Å². The van der Waals surface area contributed by atoms with Gasteiger partial charge in [-0.05, 0) is 119 Å². The number of rotatable bonds is 34. The first-order chi connectivity index (χ1) is 42.6. The van der Waals surface area contributed by atoms with Crippen LogP contribution in [0.25, 0.3) is 0 Å². The van der Waals surface area contributed by atoms with Gasteiger partial charge in [-0.2, -0.15) is 0 Å². The number of benzene rings is 6. The maximum Gasteiger partial charge on any atom is 0.347 e. The summed E-state index contributed by atoms with van der Waals surface area (Å²) in [7, 11) is 0. The number of aliphatic hydroxyl groups excluding tert-OH is 4. The lowest BCUT2D eigenvalue weighted by atomic mass is 10.1. The van der Waals surface area contributed by atoms with Crippen LogP contribution in [0, 0.1) is 11.8 Å². The molecule has 4 N–H and O–H groups in total. The molecule has 0 heterocycles. The van der Waals surface area contributed by atoms with E-state index in [2.05, 4.69) is 26.3 Å². The molecule has 0 aliphatic heterocycles. The molecule has 0 bridgehead atoms. The van der Waals surface area contributed by atoms with Crippen LogP contribution >= 0.6 is 0 Å². The molecule has 6 rings (SSSR count). The third-order valence-electron chi connectivity index (χ3n) is 12.2. The summed E-state index contributed by atoms with van der Waals surface area (Å²) in [6.07, 6.45) is 6.48. The highest BCUT2D eigenvalue weighted by atomic mass is 16.6. The Morgan fingerprint density at radius 2 is 0.659 bits per heavy atom. The van der Waals surface area contributed by atoms with Gasteiger partial charge < -0.3 is 58.3 Å². The van der Waals surface area contributed by atoms with Gasteiger partial charge in [0.1, 0.15) is 49.4 Å². The van der Waals surface area contributed by atoms with Gasteiger partial charge in [0.15, 0.2) is 24.4 Å². The molecule has 6 aromatic carbocycles. The van der Waals surface area contributed by atoms with E-state index < -0.39 is 36.4 Å². The fourth-order valence-electron chi connectivity index (χ4n) is 7.99. The van der Waals surface area contributed by atoms with Gasteiger partial charge in [0.25, 0.3) is 0 Å². The normalized spacial score (nSPS) is 11.8. The second-order valence-electron chi connectivity index (χ2n) is 20.6. The minimum atomic E-state index is -0.739. The van der Waals surface area contributed by atoms with Crippen LogP contribution in [0.1, 0.15) is 73.9 Å². The maximum absolute atomic E-state index is 12.3. The average Bonchev–Trinajstić information content (AvgIpc) is 3.47. The zero-order chi connectivity index (χ0) is 64.3. The third kappa shape index (κ3) is 30.5. The largest absolute Gasteiger partial charge is 0.479 e. The molecule has 0 amide bonds. The molecule has 0 spiro atoms. The molecule has 16 nitrogen and oxygen atoms in total. The van der Waals surface area contributed by atoms with Gasteiger partial charge in [0.05, 0.1) is 13.2 Å². The van der Waals surface area contributed by atoms with E-state index in [9.17, 15) is 19.2 Å². The predicted molar refractivity (Wildman–Crippen MR) is 341 cm³/mol. The molecule has 0 aliphatic carbocycles. The number of carbonyl (C=O) groups excluding carboxylic acids is 4. The summed E-state index contributed by atoms with van der Waals surface area (Å²) >= 11 is 0. The Labute approximate surface area is 519 Å². The van der Waals surface area contributed by atoms with Crippen molar-refractivity contribution in [1.82, 2.24) is 0 Å². The monoisotopic (exact) mass is 1210 g/mol. The van der Waals surface area contributed by atoms with Gasteiger partial charge in [0.2, 0.25) is 0 Å². The van der Waals surface area contributed by atoms with Gasteiger partial charge in [-0.3, -0.25) is 0 Å². The zero-order valence-corrected chi connectivity index (χ0v) is 51.2. The van der Waals surface area contributed by atoms with Crippen molar-refractivity contribution < 1.29 is 77.5 Å². The van der Waals surface area contributed by atoms with Crippen molar-refractivity contribution in [3.8, 4) is 23.0 Å². The number of carbonyl (C=O) groups is 4. The minimum Gasteiger partial charge on any atom is -0.479 e. The summed E-state index contributed by atoms with van der Waals surface area (Å²) in [6, 6.07) is 48.0. The SMILES string of the molecule is C=CCOC(=O)[C@H](CC(C)C)Oc1ccc(CO)cc1.C=CCOC(=O)[C@H](CC(C)C)Oc1cccc(CCO)c1.C=CCOC(=O)[C@H](Cc1ccccc1)Oc1ccc(CO)cc1.C=CCOC(=O)[C@H](Cc1ccccc1)Oc1cccc(CCO)c1. The summed E-state index contributed by atoms with van der Waals surface area (Å²) in [5, 5.41) is 36.1. The molecule has 4 atom stereocenters. The second kappa shape index (κ2) is 43.8. The standard InChI is InChI=1S/C20H22O4.C19H20O4.C17H24O4.C16H22O4/c1-2-13-23-20(22)19(15-16-7-4-3-5-8-16)24-18-10-6-9-17(14-18)11-12-21;1-2-12-22-19(21)18(13-15-6-4-3-5-7-15)23-17-10-8-16(14-20)9-11-17;1-4-10-20-17(19)16(11-13(2)3)21-15-7-5-6-14(12-15)8-9-18;1-4-9-19-16(18)15(10-12(2)3)20-14-7-5-13(11-17)6-8-14/h2-10,14,19,21H,1,11-13,15H2;2-11,18,20H,1,12-14H2;4-7,12-13,16,18H,1,8-11H2,2-3H3;4-8,12,15,17H,1,9-11H2,2-3H3/t19-;18-;16-;15-/m0000/s1.